The first kappa shape index (κ1) is 14.9. The molecule has 3 N–H and O–H groups in total. The van der Waals surface area contributed by atoms with E-state index in [9.17, 15) is 14.0 Å². The maximum Gasteiger partial charge on any atom is 0.337 e. The number of carbonyl (C=O) groups is 2. The van der Waals surface area contributed by atoms with Gasteiger partial charge in [-0.15, -0.1) is 0 Å². The molecule has 0 aliphatic carbocycles. The molecule has 1 aromatic carbocycles. The second-order valence-electron chi connectivity index (χ2n) is 3.89. The van der Waals surface area contributed by atoms with E-state index in [1.54, 1.807) is 0 Å². The summed E-state index contributed by atoms with van der Waals surface area (Å²) < 4.78 is 13.3. The van der Waals surface area contributed by atoms with E-state index in [0.29, 0.717) is 15.7 Å². The Hall–Kier alpha value is -2.48. The normalized spacial score (nSPS) is 9.81. The Balaban J connectivity index is 1.89. The lowest BCUT2D eigenvalue weighted by atomic mass is 10.3. The first-order chi connectivity index (χ1) is 10.1. The molecule has 2 aromatic rings. The van der Waals surface area contributed by atoms with Crippen molar-refractivity contribution in [3.05, 3.63) is 58.6 Å². The van der Waals surface area contributed by atoms with Gasteiger partial charge in [0.1, 0.15) is 5.82 Å². The maximum absolute atomic E-state index is 12.9. The lowest BCUT2D eigenvalue weighted by Gasteiger charge is -2.10. The fourth-order valence-electron chi connectivity index (χ4n) is 1.43. The number of benzene rings is 1. The molecule has 0 bridgehead atoms. The summed E-state index contributed by atoms with van der Waals surface area (Å²) in [7, 11) is 0. The minimum atomic E-state index is -0.662. The van der Waals surface area contributed by atoms with Gasteiger partial charge >= 0.3 is 6.03 Å². The third-order valence-electron chi connectivity index (χ3n) is 2.41. The van der Waals surface area contributed by atoms with E-state index in [1.807, 2.05) is 0 Å². The fourth-order valence-corrected chi connectivity index (χ4v) is 1.88. The highest BCUT2D eigenvalue weighted by Crippen LogP contribution is 2.22. The van der Waals surface area contributed by atoms with Crippen LogP contribution in [0.1, 0.15) is 10.4 Å². The SMILES string of the molecule is O=C(NNC(=O)c1ccncc1)Nc1ccc(F)cc1Br. The van der Waals surface area contributed by atoms with Crippen LogP contribution in [0.5, 0.6) is 0 Å². The molecule has 2 rings (SSSR count). The molecule has 0 atom stereocenters. The summed E-state index contributed by atoms with van der Waals surface area (Å²) in [5.74, 6) is -0.912. The first-order valence-corrected chi connectivity index (χ1v) is 6.58. The average Bonchev–Trinajstić information content (AvgIpc) is 2.48. The largest absolute Gasteiger partial charge is 0.337 e. The quantitative estimate of drug-likeness (QED) is 0.726. The molecule has 1 heterocycles. The average molecular weight is 353 g/mol. The van der Waals surface area contributed by atoms with Crippen molar-refractivity contribution >= 4 is 33.6 Å². The Morgan fingerprint density at radius 3 is 2.48 bits per heavy atom. The molecule has 0 aliphatic heterocycles. The number of hydrogen-bond acceptors (Lipinski definition) is 3. The van der Waals surface area contributed by atoms with E-state index in [0.717, 1.165) is 0 Å². The number of hydrogen-bond donors (Lipinski definition) is 3. The Morgan fingerprint density at radius 1 is 1.10 bits per heavy atom. The summed E-state index contributed by atoms with van der Waals surface area (Å²) >= 11 is 3.12. The Labute approximate surface area is 127 Å². The minimum absolute atomic E-state index is 0.355. The van der Waals surface area contributed by atoms with E-state index in [2.05, 4.69) is 37.1 Å². The summed E-state index contributed by atoms with van der Waals surface area (Å²) in [6, 6.07) is 6.16. The van der Waals surface area contributed by atoms with Crippen molar-refractivity contribution in [3.8, 4) is 0 Å². The minimum Gasteiger partial charge on any atom is -0.305 e. The fraction of sp³-hybridized carbons (Fsp3) is 0. The van der Waals surface area contributed by atoms with Crippen LogP contribution < -0.4 is 16.2 Å². The van der Waals surface area contributed by atoms with Crippen molar-refractivity contribution in [3.63, 3.8) is 0 Å². The van der Waals surface area contributed by atoms with Gasteiger partial charge in [-0.1, -0.05) is 0 Å². The molecular formula is C13H10BrFN4O2. The number of nitrogens with zero attached hydrogens (tertiary/aromatic N) is 1. The lowest BCUT2D eigenvalue weighted by molar-refractivity contribution is 0.0938. The maximum atomic E-state index is 12.9. The lowest BCUT2D eigenvalue weighted by Crippen LogP contribution is -2.43. The second kappa shape index (κ2) is 6.80. The van der Waals surface area contributed by atoms with Crippen LogP contribution in [0.3, 0.4) is 0 Å². The van der Waals surface area contributed by atoms with Crippen molar-refractivity contribution in [1.29, 1.82) is 0 Å². The smallest absolute Gasteiger partial charge is 0.305 e. The highest BCUT2D eigenvalue weighted by Gasteiger charge is 2.08. The number of urea groups is 1. The number of carbonyl (C=O) groups excluding carboxylic acids is 2. The highest BCUT2D eigenvalue weighted by atomic mass is 79.9. The molecule has 21 heavy (non-hydrogen) atoms. The predicted octanol–water partition coefficient (Wildman–Crippen LogP) is 2.45. The summed E-state index contributed by atoms with van der Waals surface area (Å²) in [5, 5.41) is 2.45. The summed E-state index contributed by atoms with van der Waals surface area (Å²) in [6.07, 6.45) is 2.93. The molecule has 1 aromatic heterocycles. The van der Waals surface area contributed by atoms with Gasteiger partial charge in [0.15, 0.2) is 0 Å². The van der Waals surface area contributed by atoms with Crippen molar-refractivity contribution < 1.29 is 14.0 Å². The van der Waals surface area contributed by atoms with Crippen LogP contribution in [0, 0.1) is 5.82 Å². The number of halogens is 2. The van der Waals surface area contributed by atoms with Gasteiger partial charge in [-0.05, 0) is 46.3 Å². The third-order valence-corrected chi connectivity index (χ3v) is 3.07. The summed E-state index contributed by atoms with van der Waals surface area (Å²) in [4.78, 5) is 27.1. The van der Waals surface area contributed by atoms with Crippen LogP contribution in [0.25, 0.3) is 0 Å². The van der Waals surface area contributed by atoms with Gasteiger partial charge in [-0.2, -0.15) is 0 Å². The molecule has 0 saturated heterocycles. The van der Waals surface area contributed by atoms with Gasteiger partial charge in [0.05, 0.1) is 5.69 Å². The molecule has 0 fully saturated rings. The van der Waals surface area contributed by atoms with Gasteiger partial charge in [0, 0.05) is 22.4 Å². The molecule has 0 spiro atoms. The molecule has 0 radical (unpaired) electrons. The number of hydrazine groups is 1. The number of anilines is 1. The summed E-state index contributed by atoms with van der Waals surface area (Å²) in [5.41, 5.74) is 5.14. The van der Waals surface area contributed by atoms with E-state index in [4.69, 9.17) is 0 Å². The Bertz CT molecular complexity index is 666. The van der Waals surface area contributed by atoms with Crippen LogP contribution in [0.2, 0.25) is 0 Å². The van der Waals surface area contributed by atoms with Crippen LogP contribution in [-0.2, 0) is 0 Å². The van der Waals surface area contributed by atoms with Crippen LogP contribution in [-0.4, -0.2) is 16.9 Å². The third kappa shape index (κ3) is 4.25. The summed E-state index contributed by atoms with van der Waals surface area (Å²) in [6.45, 7) is 0. The molecule has 0 saturated carbocycles. The Morgan fingerprint density at radius 2 is 1.81 bits per heavy atom. The van der Waals surface area contributed by atoms with Crippen molar-refractivity contribution in [1.82, 2.24) is 15.8 Å². The number of amides is 3. The zero-order chi connectivity index (χ0) is 15.2. The van der Waals surface area contributed by atoms with Crippen LogP contribution >= 0.6 is 15.9 Å². The number of pyridine rings is 1. The highest BCUT2D eigenvalue weighted by molar-refractivity contribution is 9.10. The zero-order valence-corrected chi connectivity index (χ0v) is 12.1. The molecular weight excluding hydrogens is 343 g/mol. The van der Waals surface area contributed by atoms with Gasteiger partial charge < -0.3 is 5.32 Å². The first-order valence-electron chi connectivity index (χ1n) is 5.78. The van der Waals surface area contributed by atoms with Gasteiger partial charge in [-0.25, -0.2) is 14.6 Å². The van der Waals surface area contributed by atoms with Crippen molar-refractivity contribution in [2.24, 2.45) is 0 Å². The zero-order valence-electron chi connectivity index (χ0n) is 10.6. The predicted molar refractivity (Wildman–Crippen MR) is 78.0 cm³/mol. The number of aromatic nitrogens is 1. The molecule has 108 valence electrons. The topological polar surface area (TPSA) is 83.1 Å². The van der Waals surface area contributed by atoms with Gasteiger partial charge in [0.25, 0.3) is 5.91 Å². The monoisotopic (exact) mass is 352 g/mol. The molecule has 0 unspecified atom stereocenters. The Kier molecular flexibility index (Phi) is 4.83. The molecule has 0 aliphatic rings. The van der Waals surface area contributed by atoms with E-state index >= 15 is 0 Å². The van der Waals surface area contributed by atoms with E-state index < -0.39 is 17.8 Å². The van der Waals surface area contributed by atoms with Crippen LogP contribution in [0.15, 0.2) is 47.2 Å². The van der Waals surface area contributed by atoms with Crippen LogP contribution in [0.4, 0.5) is 14.9 Å². The molecule has 8 heteroatoms. The van der Waals surface area contributed by atoms with Crippen molar-refractivity contribution in [2.45, 2.75) is 0 Å². The molecule has 3 amide bonds. The standard InChI is InChI=1S/C13H10BrFN4O2/c14-10-7-9(15)1-2-11(10)17-13(21)19-18-12(20)8-3-5-16-6-4-8/h1-7H,(H,18,20)(H2,17,19,21). The molecule has 6 nitrogen and oxygen atoms in total. The number of nitrogens with one attached hydrogen (secondary N) is 3. The van der Waals surface area contributed by atoms with Crippen molar-refractivity contribution in [2.75, 3.05) is 5.32 Å². The van der Waals surface area contributed by atoms with E-state index in [1.165, 1.54) is 42.7 Å². The van der Waals surface area contributed by atoms with Gasteiger partial charge in [-0.3, -0.25) is 15.2 Å². The van der Waals surface area contributed by atoms with Gasteiger partial charge in [0.2, 0.25) is 0 Å². The number of rotatable bonds is 2. The van der Waals surface area contributed by atoms with E-state index in [-0.39, 0.29) is 0 Å². The second-order valence-corrected chi connectivity index (χ2v) is 4.75.